The third kappa shape index (κ3) is 3.46. The molecule has 0 spiro atoms. The van der Waals surface area contributed by atoms with Gasteiger partial charge < -0.3 is 4.90 Å². The lowest BCUT2D eigenvalue weighted by Gasteiger charge is -2.35. The van der Waals surface area contributed by atoms with Crippen LogP contribution in [0.25, 0.3) is 0 Å². The normalized spacial score (nSPS) is 26.1. The molecule has 1 aliphatic heterocycles. The molecule has 1 aromatic rings. The average molecular weight is 286 g/mol. The molecular formula is C18H26N2O. The Labute approximate surface area is 127 Å². The first-order valence-electron chi connectivity index (χ1n) is 8.21. The van der Waals surface area contributed by atoms with E-state index < -0.39 is 0 Å². The number of carbonyl (C=O) groups excluding carboxylic acids is 1. The first-order chi connectivity index (χ1) is 10.1. The Kier molecular flexibility index (Phi) is 4.29. The Morgan fingerprint density at radius 3 is 2.43 bits per heavy atom. The number of carbonyl (C=O) groups is 1. The van der Waals surface area contributed by atoms with Gasteiger partial charge in [-0.1, -0.05) is 44.2 Å². The van der Waals surface area contributed by atoms with Crippen LogP contribution in [0, 0.1) is 11.8 Å². The van der Waals surface area contributed by atoms with Crippen LogP contribution in [0.2, 0.25) is 0 Å². The van der Waals surface area contributed by atoms with E-state index in [1.807, 2.05) is 6.07 Å². The second-order valence-corrected chi connectivity index (χ2v) is 6.88. The number of piperazine rings is 1. The van der Waals surface area contributed by atoms with Gasteiger partial charge in [0.05, 0.1) is 0 Å². The molecule has 3 heteroatoms. The van der Waals surface area contributed by atoms with Gasteiger partial charge in [-0.2, -0.15) is 0 Å². The van der Waals surface area contributed by atoms with E-state index in [0.717, 1.165) is 39.1 Å². The van der Waals surface area contributed by atoms with E-state index in [4.69, 9.17) is 0 Å². The van der Waals surface area contributed by atoms with E-state index >= 15 is 0 Å². The van der Waals surface area contributed by atoms with Gasteiger partial charge in [0.1, 0.15) is 0 Å². The minimum absolute atomic E-state index is 0.240. The van der Waals surface area contributed by atoms with Gasteiger partial charge in [-0.3, -0.25) is 9.69 Å². The Balaban J connectivity index is 1.50. The lowest BCUT2D eigenvalue weighted by molar-refractivity contribution is -0.134. The summed E-state index contributed by atoms with van der Waals surface area (Å²) in [5.74, 6) is 1.79. The molecule has 1 amide bonds. The standard InChI is InChI=1S/C18H26N2O/c1-14(2)13-19-8-10-20(11-9-19)18(21)17-12-16(17)15-6-4-3-5-7-15/h3-7,14,16-17H,8-13H2,1-2H3. The van der Waals surface area contributed by atoms with Crippen molar-refractivity contribution in [2.24, 2.45) is 11.8 Å². The molecule has 1 saturated heterocycles. The summed E-state index contributed by atoms with van der Waals surface area (Å²) in [6.07, 6.45) is 1.04. The quantitative estimate of drug-likeness (QED) is 0.849. The number of amides is 1. The fourth-order valence-corrected chi connectivity index (χ4v) is 3.44. The summed E-state index contributed by atoms with van der Waals surface area (Å²) in [7, 11) is 0. The summed E-state index contributed by atoms with van der Waals surface area (Å²) in [5, 5.41) is 0. The van der Waals surface area contributed by atoms with Crippen LogP contribution < -0.4 is 0 Å². The summed E-state index contributed by atoms with van der Waals surface area (Å²) in [5.41, 5.74) is 1.33. The maximum absolute atomic E-state index is 12.6. The average Bonchev–Trinajstić information content (AvgIpc) is 3.28. The van der Waals surface area contributed by atoms with Crippen LogP contribution in [0.15, 0.2) is 30.3 Å². The zero-order valence-corrected chi connectivity index (χ0v) is 13.2. The first kappa shape index (κ1) is 14.6. The van der Waals surface area contributed by atoms with E-state index in [0.29, 0.717) is 17.7 Å². The Bertz CT molecular complexity index is 477. The molecule has 2 atom stereocenters. The molecule has 21 heavy (non-hydrogen) atoms. The van der Waals surface area contributed by atoms with Crippen LogP contribution in [0.4, 0.5) is 0 Å². The molecule has 3 rings (SSSR count). The maximum atomic E-state index is 12.6. The molecule has 2 fully saturated rings. The Hall–Kier alpha value is -1.35. The topological polar surface area (TPSA) is 23.6 Å². The van der Waals surface area contributed by atoms with E-state index in [1.54, 1.807) is 0 Å². The number of benzene rings is 1. The van der Waals surface area contributed by atoms with Crippen LogP contribution in [-0.4, -0.2) is 48.4 Å². The van der Waals surface area contributed by atoms with Crippen molar-refractivity contribution in [1.82, 2.24) is 9.80 Å². The Morgan fingerprint density at radius 2 is 1.81 bits per heavy atom. The maximum Gasteiger partial charge on any atom is 0.226 e. The van der Waals surface area contributed by atoms with Gasteiger partial charge in [0.2, 0.25) is 5.91 Å². The van der Waals surface area contributed by atoms with E-state index in [9.17, 15) is 4.79 Å². The highest BCUT2D eigenvalue weighted by Crippen LogP contribution is 2.48. The summed E-state index contributed by atoms with van der Waals surface area (Å²) in [6, 6.07) is 10.5. The van der Waals surface area contributed by atoms with Crippen LogP contribution in [0.5, 0.6) is 0 Å². The zero-order valence-electron chi connectivity index (χ0n) is 13.2. The fraction of sp³-hybridized carbons (Fsp3) is 0.611. The van der Waals surface area contributed by atoms with Crippen molar-refractivity contribution in [3.05, 3.63) is 35.9 Å². The van der Waals surface area contributed by atoms with Crippen LogP contribution in [-0.2, 0) is 4.79 Å². The molecule has 0 radical (unpaired) electrons. The predicted molar refractivity (Wildman–Crippen MR) is 85.1 cm³/mol. The lowest BCUT2D eigenvalue weighted by atomic mass is 10.1. The van der Waals surface area contributed by atoms with Crippen LogP contribution in [0.3, 0.4) is 0 Å². The van der Waals surface area contributed by atoms with Crippen LogP contribution in [0.1, 0.15) is 31.7 Å². The highest BCUT2D eigenvalue weighted by molar-refractivity contribution is 5.83. The van der Waals surface area contributed by atoms with Gasteiger partial charge in [-0.05, 0) is 23.8 Å². The van der Waals surface area contributed by atoms with Crippen molar-refractivity contribution >= 4 is 5.91 Å². The second-order valence-electron chi connectivity index (χ2n) is 6.88. The molecule has 2 aliphatic rings. The van der Waals surface area contributed by atoms with Crippen LogP contribution >= 0.6 is 0 Å². The third-order valence-electron chi connectivity index (χ3n) is 4.64. The molecule has 1 aromatic carbocycles. The van der Waals surface area contributed by atoms with Gasteiger partial charge in [-0.25, -0.2) is 0 Å². The van der Waals surface area contributed by atoms with E-state index in [2.05, 4.69) is 47.9 Å². The summed E-state index contributed by atoms with van der Waals surface area (Å²) in [6.45, 7) is 9.54. The van der Waals surface area contributed by atoms with Gasteiger partial charge in [0, 0.05) is 38.6 Å². The molecule has 2 unspecified atom stereocenters. The third-order valence-corrected chi connectivity index (χ3v) is 4.64. The van der Waals surface area contributed by atoms with Crippen molar-refractivity contribution in [3.63, 3.8) is 0 Å². The summed E-state index contributed by atoms with van der Waals surface area (Å²) in [4.78, 5) is 17.2. The summed E-state index contributed by atoms with van der Waals surface area (Å²) >= 11 is 0. The highest BCUT2D eigenvalue weighted by atomic mass is 16.2. The SMILES string of the molecule is CC(C)CN1CCN(C(=O)C2CC2c2ccccc2)CC1. The first-order valence-corrected chi connectivity index (χ1v) is 8.21. The van der Waals surface area contributed by atoms with Crippen molar-refractivity contribution in [1.29, 1.82) is 0 Å². The molecule has 0 bridgehead atoms. The zero-order chi connectivity index (χ0) is 14.8. The number of rotatable bonds is 4. The monoisotopic (exact) mass is 286 g/mol. The molecule has 1 saturated carbocycles. The largest absolute Gasteiger partial charge is 0.340 e. The van der Waals surface area contributed by atoms with Gasteiger partial charge in [0.25, 0.3) is 0 Å². The van der Waals surface area contributed by atoms with E-state index in [1.165, 1.54) is 5.56 Å². The second kappa shape index (κ2) is 6.18. The predicted octanol–water partition coefficient (Wildman–Crippen LogP) is 2.59. The fourth-order valence-electron chi connectivity index (χ4n) is 3.44. The van der Waals surface area contributed by atoms with Crippen molar-refractivity contribution in [2.45, 2.75) is 26.2 Å². The van der Waals surface area contributed by atoms with E-state index in [-0.39, 0.29) is 5.92 Å². The molecular weight excluding hydrogens is 260 g/mol. The lowest BCUT2D eigenvalue weighted by Crippen LogP contribution is -2.50. The molecule has 0 aromatic heterocycles. The number of hydrogen-bond acceptors (Lipinski definition) is 2. The minimum Gasteiger partial charge on any atom is -0.340 e. The molecule has 1 heterocycles. The summed E-state index contributed by atoms with van der Waals surface area (Å²) < 4.78 is 0. The van der Waals surface area contributed by atoms with Gasteiger partial charge >= 0.3 is 0 Å². The minimum atomic E-state index is 0.240. The molecule has 0 N–H and O–H groups in total. The number of nitrogens with zero attached hydrogens (tertiary/aromatic N) is 2. The van der Waals surface area contributed by atoms with Crippen molar-refractivity contribution in [3.8, 4) is 0 Å². The number of hydrogen-bond donors (Lipinski definition) is 0. The Morgan fingerprint density at radius 1 is 1.14 bits per heavy atom. The molecule has 3 nitrogen and oxygen atoms in total. The van der Waals surface area contributed by atoms with Crippen molar-refractivity contribution < 1.29 is 4.79 Å². The van der Waals surface area contributed by atoms with Gasteiger partial charge in [-0.15, -0.1) is 0 Å². The smallest absolute Gasteiger partial charge is 0.226 e. The molecule has 114 valence electrons. The highest BCUT2D eigenvalue weighted by Gasteiger charge is 2.45. The molecule has 1 aliphatic carbocycles. The van der Waals surface area contributed by atoms with Gasteiger partial charge in [0.15, 0.2) is 0 Å². The van der Waals surface area contributed by atoms with Crippen molar-refractivity contribution in [2.75, 3.05) is 32.7 Å².